The Morgan fingerprint density at radius 2 is 1.67 bits per heavy atom. The molecular weight excluding hydrogens is 608 g/mol. The average Bonchev–Trinajstić information content (AvgIpc) is 3.64. The molecule has 3 aliphatic heterocycles. The molecule has 5 heterocycles. The maximum absolute atomic E-state index is 13.1. The molecule has 12 heteroatoms. The fraction of sp³-hybridized carbons (Fsp3) is 0.278. The van der Waals surface area contributed by atoms with Crippen LogP contribution in [-0.2, 0) is 22.7 Å². The second-order valence-corrected chi connectivity index (χ2v) is 12.6. The van der Waals surface area contributed by atoms with Gasteiger partial charge in [0, 0.05) is 43.7 Å². The number of nitrogens with zero attached hydrogens (tertiary/aromatic N) is 6. The summed E-state index contributed by atoms with van der Waals surface area (Å²) in [6.07, 6.45) is 3.86. The van der Waals surface area contributed by atoms with Crippen molar-refractivity contribution in [3.05, 3.63) is 95.8 Å². The third-order valence-electron chi connectivity index (χ3n) is 9.52. The van der Waals surface area contributed by atoms with Gasteiger partial charge in [0.05, 0.1) is 11.4 Å². The average molecular weight is 643 g/mol. The van der Waals surface area contributed by atoms with Gasteiger partial charge in [0.1, 0.15) is 35.4 Å². The molecule has 1 atom stereocenters. The number of hydrogen-bond acceptors (Lipinski definition) is 9. The number of carbonyl (C=O) groups is 3. The van der Waals surface area contributed by atoms with Gasteiger partial charge in [0.2, 0.25) is 11.8 Å². The smallest absolute Gasteiger partial charge is 0.255 e. The van der Waals surface area contributed by atoms with Crippen molar-refractivity contribution in [3.8, 4) is 22.8 Å². The van der Waals surface area contributed by atoms with Crippen LogP contribution in [0, 0.1) is 0 Å². The van der Waals surface area contributed by atoms with Gasteiger partial charge in [-0.25, -0.2) is 14.6 Å². The first kappa shape index (κ1) is 29.8. The number of benzene rings is 3. The van der Waals surface area contributed by atoms with Crippen molar-refractivity contribution in [2.24, 2.45) is 0 Å². The van der Waals surface area contributed by atoms with Gasteiger partial charge in [-0.15, -0.1) is 0 Å². The molecule has 2 fully saturated rings. The zero-order valence-electron chi connectivity index (χ0n) is 26.2. The number of para-hydroxylation sites is 1. The van der Waals surface area contributed by atoms with Crippen LogP contribution in [0.3, 0.4) is 0 Å². The summed E-state index contributed by atoms with van der Waals surface area (Å²) in [7, 11) is 0. The number of anilines is 1. The van der Waals surface area contributed by atoms with Gasteiger partial charge < -0.3 is 15.4 Å². The predicted octanol–water partition coefficient (Wildman–Crippen LogP) is 4.47. The second-order valence-electron chi connectivity index (χ2n) is 12.6. The van der Waals surface area contributed by atoms with E-state index in [4.69, 9.17) is 15.6 Å². The fourth-order valence-corrected chi connectivity index (χ4v) is 7.06. The Balaban J connectivity index is 0.950. The van der Waals surface area contributed by atoms with Crippen molar-refractivity contribution in [1.82, 2.24) is 34.9 Å². The van der Waals surface area contributed by atoms with E-state index in [1.165, 1.54) is 6.33 Å². The summed E-state index contributed by atoms with van der Waals surface area (Å²) in [5.74, 6) is 1.06. The number of nitrogens with two attached hydrogens (primary N) is 1. The van der Waals surface area contributed by atoms with Crippen molar-refractivity contribution in [1.29, 1.82) is 0 Å². The minimum atomic E-state index is -0.613. The highest BCUT2D eigenvalue weighted by atomic mass is 16.5. The van der Waals surface area contributed by atoms with E-state index in [9.17, 15) is 14.4 Å². The van der Waals surface area contributed by atoms with E-state index >= 15 is 0 Å². The molecule has 0 unspecified atom stereocenters. The predicted molar refractivity (Wildman–Crippen MR) is 178 cm³/mol. The summed E-state index contributed by atoms with van der Waals surface area (Å²) in [5.41, 5.74) is 11.4. The van der Waals surface area contributed by atoms with Crippen LogP contribution in [0.25, 0.3) is 22.3 Å². The quantitative estimate of drug-likeness (QED) is 0.245. The molecule has 0 spiro atoms. The lowest BCUT2D eigenvalue weighted by Crippen LogP contribution is -2.52. The van der Waals surface area contributed by atoms with Crippen molar-refractivity contribution in [3.63, 3.8) is 0 Å². The number of aromatic nitrogens is 4. The summed E-state index contributed by atoms with van der Waals surface area (Å²) in [5, 5.41) is 8.17. The number of nitrogens with one attached hydrogen (secondary N) is 1. The molecule has 48 heavy (non-hydrogen) atoms. The molecule has 242 valence electrons. The number of hydrogen-bond donors (Lipinski definition) is 2. The van der Waals surface area contributed by atoms with Crippen LogP contribution in [0.4, 0.5) is 5.82 Å². The number of carbonyl (C=O) groups excluding carboxylic acids is 3. The number of imide groups is 1. The van der Waals surface area contributed by atoms with Gasteiger partial charge in [-0.2, -0.15) is 5.10 Å². The van der Waals surface area contributed by atoms with E-state index in [0.717, 1.165) is 77.4 Å². The number of nitrogen functional groups attached to an aromatic ring is 1. The Kier molecular flexibility index (Phi) is 7.56. The molecule has 5 aromatic rings. The number of likely N-dealkylation sites (tertiary alicyclic amines) is 1. The summed E-state index contributed by atoms with van der Waals surface area (Å²) in [4.78, 5) is 50.0. The fourth-order valence-electron chi connectivity index (χ4n) is 7.06. The number of piperidine rings is 2. The minimum absolute atomic E-state index is 0.146. The van der Waals surface area contributed by atoms with E-state index in [-0.39, 0.29) is 24.3 Å². The molecule has 3 aliphatic rings. The zero-order chi connectivity index (χ0) is 32.8. The molecule has 3 N–H and O–H groups in total. The molecule has 0 radical (unpaired) electrons. The van der Waals surface area contributed by atoms with Crippen LogP contribution in [0.1, 0.15) is 53.2 Å². The van der Waals surface area contributed by atoms with Crippen molar-refractivity contribution < 1.29 is 19.1 Å². The van der Waals surface area contributed by atoms with Crippen molar-refractivity contribution >= 4 is 34.6 Å². The topological polar surface area (TPSA) is 149 Å². The van der Waals surface area contributed by atoms with Gasteiger partial charge >= 0.3 is 0 Å². The molecule has 0 aliphatic carbocycles. The monoisotopic (exact) mass is 642 g/mol. The molecule has 2 saturated heterocycles. The minimum Gasteiger partial charge on any atom is -0.457 e. The Bertz CT molecular complexity index is 2040. The molecule has 12 nitrogen and oxygen atoms in total. The van der Waals surface area contributed by atoms with E-state index < -0.39 is 11.9 Å². The normalized spacial score (nSPS) is 18.7. The summed E-state index contributed by atoms with van der Waals surface area (Å²) < 4.78 is 7.99. The highest BCUT2D eigenvalue weighted by Gasteiger charge is 2.39. The third-order valence-corrected chi connectivity index (χ3v) is 9.52. The Morgan fingerprint density at radius 3 is 2.44 bits per heavy atom. The summed E-state index contributed by atoms with van der Waals surface area (Å²) in [6, 6.07) is 22.9. The number of ether oxygens (including phenoxy) is 1. The molecule has 3 amide bonds. The molecule has 3 aromatic carbocycles. The maximum atomic E-state index is 13.1. The van der Waals surface area contributed by atoms with E-state index in [1.807, 2.05) is 71.4 Å². The van der Waals surface area contributed by atoms with Crippen LogP contribution in [-0.4, -0.2) is 66.4 Å². The Labute approximate surface area is 276 Å². The van der Waals surface area contributed by atoms with E-state index in [1.54, 1.807) is 4.90 Å². The van der Waals surface area contributed by atoms with Gasteiger partial charge in [-0.1, -0.05) is 30.3 Å². The molecule has 0 bridgehead atoms. The number of amides is 3. The Hall–Kier alpha value is -5.62. The highest BCUT2D eigenvalue weighted by molar-refractivity contribution is 6.05. The maximum Gasteiger partial charge on any atom is 0.255 e. The number of fused-ring (bicyclic) bond motifs is 2. The first-order chi connectivity index (χ1) is 23.4. The van der Waals surface area contributed by atoms with Crippen LogP contribution < -0.4 is 15.8 Å². The number of rotatable bonds is 7. The van der Waals surface area contributed by atoms with Crippen molar-refractivity contribution in [2.75, 3.05) is 18.8 Å². The standard InChI is InChI=1S/C36H34N8O4/c37-33-31-32(23-7-9-27(10-8-23)48-26-4-2-1-3-5-26)41-44(34(31)39-21-38-33)25-14-16-42(17-15-25)19-22-6-11-28-24(18-22)20-43(36(28)47)29-12-13-30(45)40-35(29)46/h1-11,18,21,25,29H,12-17,19-20H2,(H2,37,38,39)(H,40,45,46)/t29-/m0/s1. The van der Waals surface area contributed by atoms with E-state index in [0.29, 0.717) is 24.3 Å². The second kappa shape index (κ2) is 12.2. The van der Waals surface area contributed by atoms with Gasteiger partial charge in [-0.05, 0) is 72.9 Å². The summed E-state index contributed by atoms with van der Waals surface area (Å²) in [6.45, 7) is 2.86. The largest absolute Gasteiger partial charge is 0.457 e. The van der Waals surface area contributed by atoms with Crippen LogP contribution >= 0.6 is 0 Å². The summed E-state index contributed by atoms with van der Waals surface area (Å²) >= 11 is 0. The molecule has 0 saturated carbocycles. The first-order valence-electron chi connectivity index (χ1n) is 16.2. The zero-order valence-corrected chi connectivity index (χ0v) is 26.2. The van der Waals surface area contributed by atoms with Crippen LogP contribution in [0.2, 0.25) is 0 Å². The Morgan fingerprint density at radius 1 is 0.896 bits per heavy atom. The van der Waals surface area contributed by atoms with Gasteiger partial charge in [0.15, 0.2) is 5.65 Å². The molecule has 2 aromatic heterocycles. The molecule has 8 rings (SSSR count). The highest BCUT2D eigenvalue weighted by Crippen LogP contribution is 2.36. The lowest BCUT2D eigenvalue weighted by molar-refractivity contribution is -0.136. The lowest BCUT2D eigenvalue weighted by atomic mass is 10.0. The van der Waals surface area contributed by atoms with E-state index in [2.05, 4.69) is 26.3 Å². The third kappa shape index (κ3) is 5.53. The SMILES string of the molecule is Nc1ncnc2c1c(-c1ccc(Oc3ccccc3)cc1)nn2C1CCN(Cc2ccc3c(c2)CN([C@H]2CCC(=O)NC2=O)C3=O)CC1. The van der Waals surface area contributed by atoms with Gasteiger partial charge in [-0.3, -0.25) is 24.6 Å². The van der Waals surface area contributed by atoms with Gasteiger partial charge in [0.25, 0.3) is 5.91 Å². The van der Waals surface area contributed by atoms with Crippen molar-refractivity contribution in [2.45, 2.75) is 50.9 Å². The molecular formula is C36H34N8O4. The lowest BCUT2D eigenvalue weighted by Gasteiger charge is -2.32. The van der Waals surface area contributed by atoms with Crippen LogP contribution in [0.15, 0.2) is 79.1 Å². The first-order valence-corrected chi connectivity index (χ1v) is 16.2. The van der Waals surface area contributed by atoms with Crippen LogP contribution in [0.5, 0.6) is 11.5 Å².